The number of carbonyl (C=O) groups excluding carboxylic acids is 1. The van der Waals surface area contributed by atoms with Crippen molar-refractivity contribution in [2.45, 2.75) is 19.8 Å². The molecule has 2 N–H and O–H groups in total. The average molecular weight is 292 g/mol. The van der Waals surface area contributed by atoms with Crippen LogP contribution >= 0.6 is 0 Å². The van der Waals surface area contributed by atoms with Gasteiger partial charge in [-0.1, -0.05) is 18.1 Å². The Hall–Kier alpha value is -2.24. The molecule has 1 aliphatic heterocycles. The molecule has 1 atom stereocenters. The number of para-hydroxylation sites is 1. The Labute approximate surface area is 123 Å². The van der Waals surface area contributed by atoms with Gasteiger partial charge in [0.25, 0.3) is 5.91 Å². The summed E-state index contributed by atoms with van der Waals surface area (Å²) in [6.07, 6.45) is 1.35. The summed E-state index contributed by atoms with van der Waals surface area (Å²) >= 11 is 0. The van der Waals surface area contributed by atoms with Crippen LogP contribution in [0.3, 0.4) is 0 Å². The summed E-state index contributed by atoms with van der Waals surface area (Å²) in [7, 11) is 1.45. The van der Waals surface area contributed by atoms with Crippen LogP contribution in [-0.4, -0.2) is 47.0 Å². The van der Waals surface area contributed by atoms with E-state index >= 15 is 0 Å². The lowest BCUT2D eigenvalue weighted by atomic mass is 9.93. The Kier molecular flexibility index (Phi) is 4.67. The molecular weight excluding hydrogens is 272 g/mol. The Morgan fingerprint density at radius 2 is 2.29 bits per heavy atom. The van der Waals surface area contributed by atoms with E-state index in [1.54, 1.807) is 23.1 Å². The summed E-state index contributed by atoms with van der Waals surface area (Å²) in [5, 5.41) is 22.4. The van der Waals surface area contributed by atoms with E-state index < -0.39 is 0 Å². The van der Waals surface area contributed by atoms with Crippen molar-refractivity contribution in [1.29, 1.82) is 0 Å². The molecule has 1 saturated heterocycles. The topological polar surface area (TPSA) is 82.4 Å². The minimum Gasteiger partial charge on any atom is -0.504 e. The van der Waals surface area contributed by atoms with E-state index in [1.165, 1.54) is 7.11 Å². The second kappa shape index (κ2) is 6.47. The van der Waals surface area contributed by atoms with Crippen LogP contribution < -0.4 is 4.74 Å². The van der Waals surface area contributed by atoms with Crippen molar-refractivity contribution >= 4 is 11.6 Å². The monoisotopic (exact) mass is 292 g/mol. The number of oxime groups is 1. The van der Waals surface area contributed by atoms with Crippen LogP contribution in [0.15, 0.2) is 23.4 Å². The van der Waals surface area contributed by atoms with Gasteiger partial charge in [0.1, 0.15) is 0 Å². The number of likely N-dealkylation sites (tertiary alicyclic amines) is 1. The van der Waals surface area contributed by atoms with E-state index in [2.05, 4.69) is 5.16 Å². The highest BCUT2D eigenvalue weighted by Crippen LogP contribution is 2.31. The third-order valence-electron chi connectivity index (χ3n) is 3.91. The lowest BCUT2D eigenvalue weighted by molar-refractivity contribution is 0.0725. The molecule has 21 heavy (non-hydrogen) atoms. The van der Waals surface area contributed by atoms with Crippen LogP contribution in [0.1, 0.15) is 30.1 Å². The number of phenolic OH excluding ortho intramolecular Hbond substituents is 1. The number of aromatic hydroxyl groups is 1. The molecule has 0 bridgehead atoms. The Morgan fingerprint density at radius 1 is 1.52 bits per heavy atom. The van der Waals surface area contributed by atoms with Crippen molar-refractivity contribution in [3.05, 3.63) is 23.8 Å². The third-order valence-corrected chi connectivity index (χ3v) is 3.91. The number of amides is 1. The molecule has 2 rings (SSSR count). The van der Waals surface area contributed by atoms with Crippen LogP contribution in [0.25, 0.3) is 0 Å². The normalized spacial score (nSPS) is 20.6. The molecule has 1 amide bonds. The van der Waals surface area contributed by atoms with Gasteiger partial charge < -0.3 is 20.0 Å². The summed E-state index contributed by atoms with van der Waals surface area (Å²) in [6, 6.07) is 4.86. The minimum atomic E-state index is -0.234. The van der Waals surface area contributed by atoms with E-state index in [0.29, 0.717) is 19.5 Å². The minimum absolute atomic E-state index is 0.0560. The summed E-state index contributed by atoms with van der Waals surface area (Å²) in [6.45, 7) is 2.96. The number of hydrogen-bond donors (Lipinski definition) is 2. The summed E-state index contributed by atoms with van der Waals surface area (Å²) in [5.74, 6) is -0.0375. The van der Waals surface area contributed by atoms with Crippen molar-refractivity contribution in [2.24, 2.45) is 11.1 Å². The first-order valence-electron chi connectivity index (χ1n) is 6.98. The van der Waals surface area contributed by atoms with E-state index in [0.717, 1.165) is 12.1 Å². The lowest BCUT2D eigenvalue weighted by Crippen LogP contribution is -2.44. The number of methoxy groups -OCH3 is 1. The molecule has 1 unspecified atom stereocenters. The molecule has 1 aromatic carbocycles. The van der Waals surface area contributed by atoms with Crippen molar-refractivity contribution < 1.29 is 19.8 Å². The number of rotatable bonds is 3. The van der Waals surface area contributed by atoms with E-state index in [9.17, 15) is 9.90 Å². The van der Waals surface area contributed by atoms with E-state index in [4.69, 9.17) is 9.94 Å². The maximum absolute atomic E-state index is 12.6. The van der Waals surface area contributed by atoms with Gasteiger partial charge in [-0.3, -0.25) is 4.79 Å². The number of benzene rings is 1. The fourth-order valence-corrected chi connectivity index (χ4v) is 2.63. The standard InChI is InChI=1S/C15H20N2O4/c1-3-10-9-17(8-7-12(10)16-20)15(19)11-5-4-6-13(21-2)14(11)18/h4-6,10,18,20H,3,7-9H2,1-2H3/b16-12+. The van der Waals surface area contributed by atoms with Gasteiger partial charge in [-0.15, -0.1) is 0 Å². The predicted octanol–water partition coefficient (Wildman–Crippen LogP) is 2.10. The van der Waals surface area contributed by atoms with Gasteiger partial charge in [-0.25, -0.2) is 0 Å². The largest absolute Gasteiger partial charge is 0.504 e. The zero-order valence-electron chi connectivity index (χ0n) is 12.2. The van der Waals surface area contributed by atoms with Gasteiger partial charge in [0.15, 0.2) is 11.5 Å². The van der Waals surface area contributed by atoms with Gasteiger partial charge >= 0.3 is 0 Å². The maximum Gasteiger partial charge on any atom is 0.257 e. The van der Waals surface area contributed by atoms with Crippen LogP contribution in [-0.2, 0) is 0 Å². The quantitative estimate of drug-likeness (QED) is 0.660. The molecule has 1 aromatic rings. The van der Waals surface area contributed by atoms with Crippen molar-refractivity contribution in [3.8, 4) is 11.5 Å². The van der Waals surface area contributed by atoms with Crippen LogP contribution in [0.4, 0.5) is 0 Å². The molecular formula is C15H20N2O4. The van der Waals surface area contributed by atoms with Crippen LogP contribution in [0.5, 0.6) is 11.5 Å². The van der Waals surface area contributed by atoms with Crippen LogP contribution in [0.2, 0.25) is 0 Å². The SMILES string of the molecule is CCC1CN(C(=O)c2cccc(OC)c2O)CC/C1=N\O. The molecule has 114 valence electrons. The molecule has 0 aliphatic carbocycles. The number of ether oxygens (including phenoxy) is 1. The predicted molar refractivity (Wildman–Crippen MR) is 78.2 cm³/mol. The zero-order chi connectivity index (χ0) is 15.4. The molecule has 0 spiro atoms. The molecule has 1 fully saturated rings. The van der Waals surface area contributed by atoms with Gasteiger partial charge in [0.05, 0.1) is 18.4 Å². The van der Waals surface area contributed by atoms with Gasteiger partial charge in [0.2, 0.25) is 0 Å². The van der Waals surface area contributed by atoms with Crippen molar-refractivity contribution in [1.82, 2.24) is 4.90 Å². The zero-order valence-corrected chi connectivity index (χ0v) is 12.2. The average Bonchev–Trinajstić information content (AvgIpc) is 2.53. The van der Waals surface area contributed by atoms with E-state index in [-0.39, 0.29) is 28.9 Å². The Bertz CT molecular complexity index is 557. The highest BCUT2D eigenvalue weighted by molar-refractivity contribution is 5.99. The number of nitrogens with zero attached hydrogens (tertiary/aromatic N) is 2. The summed E-state index contributed by atoms with van der Waals surface area (Å²) in [4.78, 5) is 14.2. The highest BCUT2D eigenvalue weighted by Gasteiger charge is 2.29. The fourth-order valence-electron chi connectivity index (χ4n) is 2.63. The highest BCUT2D eigenvalue weighted by atomic mass is 16.5. The third kappa shape index (κ3) is 2.94. The first kappa shape index (κ1) is 15.2. The second-order valence-corrected chi connectivity index (χ2v) is 5.05. The molecule has 1 aliphatic rings. The van der Waals surface area contributed by atoms with Gasteiger partial charge in [-0.2, -0.15) is 0 Å². The van der Waals surface area contributed by atoms with E-state index in [1.807, 2.05) is 6.92 Å². The Morgan fingerprint density at radius 3 is 2.90 bits per heavy atom. The molecule has 1 heterocycles. The number of hydrogen-bond acceptors (Lipinski definition) is 5. The molecule has 6 heteroatoms. The van der Waals surface area contributed by atoms with Gasteiger partial charge in [0, 0.05) is 25.4 Å². The first-order chi connectivity index (χ1) is 10.1. The smallest absolute Gasteiger partial charge is 0.257 e. The van der Waals surface area contributed by atoms with Gasteiger partial charge in [-0.05, 0) is 18.6 Å². The maximum atomic E-state index is 12.6. The fraction of sp³-hybridized carbons (Fsp3) is 0.467. The molecule has 6 nitrogen and oxygen atoms in total. The number of phenols is 1. The number of piperidine rings is 1. The molecule has 0 aromatic heterocycles. The van der Waals surface area contributed by atoms with Crippen LogP contribution in [0, 0.1) is 5.92 Å². The second-order valence-electron chi connectivity index (χ2n) is 5.05. The Balaban J connectivity index is 2.21. The number of carbonyl (C=O) groups is 1. The first-order valence-corrected chi connectivity index (χ1v) is 6.98. The molecule has 0 radical (unpaired) electrons. The lowest BCUT2D eigenvalue weighted by Gasteiger charge is -2.33. The summed E-state index contributed by atoms with van der Waals surface area (Å²) in [5.41, 5.74) is 0.963. The molecule has 0 saturated carbocycles. The summed E-state index contributed by atoms with van der Waals surface area (Å²) < 4.78 is 5.03. The van der Waals surface area contributed by atoms with Crippen molar-refractivity contribution in [3.63, 3.8) is 0 Å². The van der Waals surface area contributed by atoms with Crippen molar-refractivity contribution in [2.75, 3.05) is 20.2 Å².